The summed E-state index contributed by atoms with van der Waals surface area (Å²) in [6.45, 7) is 3.75. The van der Waals surface area contributed by atoms with Gasteiger partial charge in [-0.15, -0.1) is 24.0 Å². The number of carbonyl (C=O) groups is 1. The fourth-order valence-electron chi connectivity index (χ4n) is 1.50. The Morgan fingerprint density at radius 3 is 2.55 bits per heavy atom. The van der Waals surface area contributed by atoms with Gasteiger partial charge in [0.1, 0.15) is 12.4 Å². The summed E-state index contributed by atoms with van der Waals surface area (Å²) in [5.74, 6) is -0.0721. The predicted molar refractivity (Wildman–Crippen MR) is 96.3 cm³/mol. The number of hydrogen-bond acceptors (Lipinski definition) is 3. The fourth-order valence-corrected chi connectivity index (χ4v) is 1.50. The van der Waals surface area contributed by atoms with Crippen molar-refractivity contribution in [2.45, 2.75) is 6.92 Å². The van der Waals surface area contributed by atoms with Crippen LogP contribution in [-0.4, -0.2) is 45.2 Å². The molecule has 0 aromatic heterocycles. The monoisotopic (exact) mass is 424 g/mol. The number of carbonyl (C=O) groups excluding carboxylic acids is 1. The minimum atomic E-state index is -0.345. The highest BCUT2D eigenvalue weighted by Crippen LogP contribution is 2.07. The van der Waals surface area contributed by atoms with Crippen LogP contribution in [0.5, 0.6) is 0 Å². The minimum Gasteiger partial charge on any atom is -0.383 e. The molecule has 1 amide bonds. The number of nitrogens with zero attached hydrogens (tertiary/aromatic N) is 1. The number of amides is 1. The Morgan fingerprint density at radius 1 is 1.27 bits per heavy atom. The van der Waals surface area contributed by atoms with Crippen LogP contribution in [0.4, 0.5) is 10.1 Å². The van der Waals surface area contributed by atoms with Gasteiger partial charge in [-0.3, -0.25) is 4.79 Å². The molecule has 1 rings (SSSR count). The molecule has 0 bridgehead atoms. The minimum absolute atomic E-state index is 0. The Hall–Kier alpha value is -1.42. The van der Waals surface area contributed by atoms with Crippen molar-refractivity contribution in [1.29, 1.82) is 0 Å². The van der Waals surface area contributed by atoms with Crippen LogP contribution in [0.15, 0.2) is 29.3 Å². The third-order valence-corrected chi connectivity index (χ3v) is 2.45. The second kappa shape index (κ2) is 12.2. The molecule has 0 saturated carbocycles. The van der Waals surface area contributed by atoms with E-state index in [9.17, 15) is 9.18 Å². The number of hydrogen-bond donors (Lipinski definition) is 3. The van der Waals surface area contributed by atoms with E-state index in [4.69, 9.17) is 4.74 Å². The lowest BCUT2D eigenvalue weighted by Crippen LogP contribution is -2.39. The van der Waals surface area contributed by atoms with E-state index in [1.165, 1.54) is 24.3 Å². The Labute approximate surface area is 146 Å². The number of rotatable bonds is 7. The van der Waals surface area contributed by atoms with Gasteiger partial charge in [0, 0.05) is 25.9 Å². The standard InChI is InChI=1S/C14H21FN4O2.HI/c1-3-16-14(17-8-9-21-2)18-10-13(20)19-12-6-4-11(15)5-7-12;/h4-7H,3,8-10H2,1-2H3,(H,19,20)(H2,16,17,18);1H. The van der Waals surface area contributed by atoms with E-state index in [1.807, 2.05) is 6.92 Å². The largest absolute Gasteiger partial charge is 0.383 e. The van der Waals surface area contributed by atoms with Crippen molar-refractivity contribution >= 4 is 41.5 Å². The first-order valence-electron chi connectivity index (χ1n) is 6.72. The van der Waals surface area contributed by atoms with E-state index in [2.05, 4.69) is 20.9 Å². The molecule has 0 heterocycles. The van der Waals surface area contributed by atoms with Gasteiger partial charge in [-0.2, -0.15) is 0 Å². The van der Waals surface area contributed by atoms with Crippen LogP contribution in [0.1, 0.15) is 6.92 Å². The van der Waals surface area contributed by atoms with Crippen LogP contribution < -0.4 is 16.0 Å². The van der Waals surface area contributed by atoms with Gasteiger partial charge >= 0.3 is 0 Å². The van der Waals surface area contributed by atoms with Crippen molar-refractivity contribution in [1.82, 2.24) is 10.6 Å². The predicted octanol–water partition coefficient (Wildman–Crippen LogP) is 1.58. The number of ether oxygens (including phenoxy) is 1. The maximum Gasteiger partial charge on any atom is 0.246 e. The summed E-state index contributed by atoms with van der Waals surface area (Å²) in [6, 6.07) is 5.57. The Bertz CT molecular complexity index is 468. The lowest BCUT2D eigenvalue weighted by Gasteiger charge is -2.10. The average molecular weight is 424 g/mol. The Morgan fingerprint density at radius 2 is 1.95 bits per heavy atom. The van der Waals surface area contributed by atoms with Crippen molar-refractivity contribution in [3.63, 3.8) is 0 Å². The van der Waals surface area contributed by atoms with Crippen molar-refractivity contribution in [3.05, 3.63) is 30.1 Å². The number of benzene rings is 1. The maximum atomic E-state index is 12.7. The molecule has 1 aromatic carbocycles. The summed E-state index contributed by atoms with van der Waals surface area (Å²) in [4.78, 5) is 15.9. The van der Waals surface area contributed by atoms with Gasteiger partial charge in [0.05, 0.1) is 6.61 Å². The van der Waals surface area contributed by atoms with Gasteiger partial charge in [-0.05, 0) is 31.2 Å². The highest BCUT2D eigenvalue weighted by molar-refractivity contribution is 14.0. The Balaban J connectivity index is 0.00000441. The van der Waals surface area contributed by atoms with Crippen LogP contribution in [0, 0.1) is 5.82 Å². The zero-order valence-corrected chi connectivity index (χ0v) is 15.0. The summed E-state index contributed by atoms with van der Waals surface area (Å²) in [6.07, 6.45) is 0. The fraction of sp³-hybridized carbons (Fsp3) is 0.429. The molecule has 1 aromatic rings. The quantitative estimate of drug-likeness (QED) is 0.269. The number of guanidine groups is 1. The van der Waals surface area contributed by atoms with Gasteiger partial charge in [-0.1, -0.05) is 0 Å². The van der Waals surface area contributed by atoms with Crippen LogP contribution >= 0.6 is 24.0 Å². The third kappa shape index (κ3) is 8.78. The molecule has 6 nitrogen and oxygen atoms in total. The normalized spacial score (nSPS) is 10.6. The average Bonchev–Trinajstić information content (AvgIpc) is 2.47. The van der Waals surface area contributed by atoms with Gasteiger partial charge in [0.15, 0.2) is 5.96 Å². The molecule has 124 valence electrons. The molecule has 22 heavy (non-hydrogen) atoms. The summed E-state index contributed by atoms with van der Waals surface area (Å²) in [7, 11) is 1.61. The van der Waals surface area contributed by atoms with Crippen LogP contribution in [-0.2, 0) is 9.53 Å². The molecule has 0 saturated heterocycles. The molecule has 3 N–H and O–H groups in total. The number of halogens is 2. The molecule has 0 spiro atoms. The van der Waals surface area contributed by atoms with Crippen LogP contribution in [0.25, 0.3) is 0 Å². The SMILES string of the molecule is CCNC(=NCC(=O)Nc1ccc(F)cc1)NCCOC.I. The second-order valence-corrected chi connectivity index (χ2v) is 4.17. The topological polar surface area (TPSA) is 74.8 Å². The first-order chi connectivity index (χ1) is 10.2. The van der Waals surface area contributed by atoms with Gasteiger partial charge in [0.25, 0.3) is 0 Å². The molecule has 8 heteroatoms. The summed E-state index contributed by atoms with van der Waals surface area (Å²) in [5, 5.41) is 8.70. The van der Waals surface area contributed by atoms with Gasteiger partial charge in [-0.25, -0.2) is 9.38 Å². The summed E-state index contributed by atoms with van der Waals surface area (Å²) >= 11 is 0. The van der Waals surface area contributed by atoms with E-state index >= 15 is 0 Å². The van der Waals surface area contributed by atoms with Crippen molar-refractivity contribution in [2.24, 2.45) is 4.99 Å². The molecular weight excluding hydrogens is 402 g/mol. The van der Waals surface area contributed by atoms with E-state index in [1.54, 1.807) is 7.11 Å². The van der Waals surface area contributed by atoms with E-state index in [0.717, 1.165) is 0 Å². The third-order valence-electron chi connectivity index (χ3n) is 2.45. The smallest absolute Gasteiger partial charge is 0.246 e. The molecule has 0 aliphatic rings. The lowest BCUT2D eigenvalue weighted by atomic mass is 10.3. The van der Waals surface area contributed by atoms with Crippen LogP contribution in [0.2, 0.25) is 0 Å². The maximum absolute atomic E-state index is 12.7. The van der Waals surface area contributed by atoms with E-state index in [-0.39, 0.29) is 42.2 Å². The van der Waals surface area contributed by atoms with Crippen LogP contribution in [0.3, 0.4) is 0 Å². The lowest BCUT2D eigenvalue weighted by molar-refractivity contribution is -0.114. The van der Waals surface area contributed by atoms with E-state index < -0.39 is 0 Å². The first-order valence-corrected chi connectivity index (χ1v) is 6.72. The first kappa shape index (κ1) is 20.6. The molecule has 0 radical (unpaired) electrons. The molecule has 0 aliphatic heterocycles. The Kier molecular flexibility index (Phi) is 11.4. The van der Waals surface area contributed by atoms with E-state index in [0.29, 0.717) is 31.3 Å². The molecule has 0 unspecified atom stereocenters. The number of aliphatic imine (C=N–C) groups is 1. The number of anilines is 1. The molecule has 0 fully saturated rings. The number of nitrogens with one attached hydrogen (secondary N) is 3. The van der Waals surface area contributed by atoms with Crippen molar-refractivity contribution in [2.75, 3.05) is 38.7 Å². The van der Waals surface area contributed by atoms with Crippen molar-refractivity contribution in [3.8, 4) is 0 Å². The zero-order chi connectivity index (χ0) is 15.5. The highest BCUT2D eigenvalue weighted by atomic mass is 127. The highest BCUT2D eigenvalue weighted by Gasteiger charge is 2.03. The summed E-state index contributed by atoms with van der Waals surface area (Å²) < 4.78 is 17.7. The summed E-state index contributed by atoms with van der Waals surface area (Å²) in [5.41, 5.74) is 0.536. The van der Waals surface area contributed by atoms with Gasteiger partial charge < -0.3 is 20.7 Å². The molecule has 0 aliphatic carbocycles. The zero-order valence-electron chi connectivity index (χ0n) is 12.7. The molecular formula is C14H22FIN4O2. The molecule has 0 atom stereocenters. The van der Waals surface area contributed by atoms with Crippen molar-refractivity contribution < 1.29 is 13.9 Å². The van der Waals surface area contributed by atoms with Gasteiger partial charge in [0.2, 0.25) is 5.91 Å². The number of methoxy groups -OCH3 is 1. The second-order valence-electron chi connectivity index (χ2n) is 4.17.